The Morgan fingerprint density at radius 3 is 2.86 bits per heavy atom. The molecule has 0 aliphatic carbocycles. The maximum absolute atomic E-state index is 9.25. The highest BCUT2D eigenvalue weighted by molar-refractivity contribution is 5.27. The van der Waals surface area contributed by atoms with Gasteiger partial charge in [0.1, 0.15) is 5.75 Å². The molecule has 0 spiro atoms. The summed E-state index contributed by atoms with van der Waals surface area (Å²) >= 11 is 0. The molecule has 2 rings (SSSR count). The van der Waals surface area contributed by atoms with E-state index < -0.39 is 0 Å². The van der Waals surface area contributed by atoms with E-state index in [0.29, 0.717) is 6.61 Å². The van der Waals surface area contributed by atoms with Crippen LogP contribution in [0.15, 0.2) is 24.3 Å². The van der Waals surface area contributed by atoms with Crippen molar-refractivity contribution in [2.24, 2.45) is 5.92 Å². The van der Waals surface area contributed by atoms with Crippen molar-refractivity contribution in [3.63, 3.8) is 0 Å². The van der Waals surface area contributed by atoms with Crippen LogP contribution in [-0.2, 0) is 11.2 Å². The molecule has 2 atom stereocenters. The Kier molecular flexibility index (Phi) is 2.70. The van der Waals surface area contributed by atoms with Crippen LogP contribution >= 0.6 is 0 Å². The summed E-state index contributed by atoms with van der Waals surface area (Å²) in [5, 5.41) is 18.2. The number of benzene rings is 1. The van der Waals surface area contributed by atoms with Gasteiger partial charge in [0.2, 0.25) is 0 Å². The SMILES string of the molecule is OCC1COC1Cc1cccc(O)c1. The Hall–Kier alpha value is -1.06. The first-order valence-corrected chi connectivity index (χ1v) is 4.80. The van der Waals surface area contributed by atoms with Crippen LogP contribution in [0.3, 0.4) is 0 Å². The molecule has 14 heavy (non-hydrogen) atoms. The van der Waals surface area contributed by atoms with E-state index in [1.54, 1.807) is 12.1 Å². The van der Waals surface area contributed by atoms with Crippen molar-refractivity contribution >= 4 is 0 Å². The van der Waals surface area contributed by atoms with E-state index in [9.17, 15) is 5.11 Å². The summed E-state index contributed by atoms with van der Waals surface area (Å²) in [4.78, 5) is 0. The molecule has 1 aliphatic rings. The molecule has 0 bridgehead atoms. The summed E-state index contributed by atoms with van der Waals surface area (Å²) in [7, 11) is 0. The van der Waals surface area contributed by atoms with Crippen LogP contribution in [0.4, 0.5) is 0 Å². The summed E-state index contributed by atoms with van der Waals surface area (Å²) in [6.45, 7) is 0.837. The number of rotatable bonds is 3. The van der Waals surface area contributed by atoms with Crippen molar-refractivity contribution in [1.29, 1.82) is 0 Å². The molecule has 1 aliphatic heterocycles. The molecule has 1 aromatic carbocycles. The molecule has 0 amide bonds. The van der Waals surface area contributed by atoms with E-state index in [-0.39, 0.29) is 24.4 Å². The highest BCUT2D eigenvalue weighted by Crippen LogP contribution is 2.24. The molecule has 0 radical (unpaired) electrons. The van der Waals surface area contributed by atoms with Gasteiger partial charge in [0.25, 0.3) is 0 Å². The molecule has 0 saturated carbocycles. The molecular weight excluding hydrogens is 180 g/mol. The number of hydrogen-bond donors (Lipinski definition) is 2. The molecule has 1 heterocycles. The summed E-state index contributed by atoms with van der Waals surface area (Å²) in [6.07, 6.45) is 0.876. The first-order valence-electron chi connectivity index (χ1n) is 4.80. The number of ether oxygens (including phenoxy) is 1. The average Bonchev–Trinajstić information content (AvgIpc) is 2.14. The lowest BCUT2D eigenvalue weighted by Gasteiger charge is -2.35. The standard InChI is InChI=1S/C11H14O3/c12-6-9-7-14-11(9)5-8-2-1-3-10(13)4-8/h1-4,9,11-13H,5-7H2. The van der Waals surface area contributed by atoms with Crippen LogP contribution in [0.1, 0.15) is 5.56 Å². The topological polar surface area (TPSA) is 49.7 Å². The number of aromatic hydroxyl groups is 1. The number of phenolic OH excluding ortho intramolecular Hbond substituents is 1. The van der Waals surface area contributed by atoms with Gasteiger partial charge >= 0.3 is 0 Å². The molecule has 0 aromatic heterocycles. The molecule has 3 nitrogen and oxygen atoms in total. The van der Waals surface area contributed by atoms with Gasteiger partial charge in [0.05, 0.1) is 19.3 Å². The van der Waals surface area contributed by atoms with Gasteiger partial charge in [-0.05, 0) is 24.1 Å². The zero-order chi connectivity index (χ0) is 9.97. The molecule has 1 fully saturated rings. The molecule has 76 valence electrons. The van der Waals surface area contributed by atoms with E-state index in [0.717, 1.165) is 12.0 Å². The molecule has 3 heteroatoms. The van der Waals surface area contributed by atoms with E-state index >= 15 is 0 Å². The Balaban J connectivity index is 1.97. The predicted molar refractivity (Wildman–Crippen MR) is 52.1 cm³/mol. The monoisotopic (exact) mass is 194 g/mol. The van der Waals surface area contributed by atoms with Crippen LogP contribution in [0.2, 0.25) is 0 Å². The summed E-state index contributed by atoms with van der Waals surface area (Å²) in [5.74, 6) is 0.541. The second-order valence-corrected chi connectivity index (χ2v) is 3.69. The third-order valence-corrected chi connectivity index (χ3v) is 2.63. The van der Waals surface area contributed by atoms with Gasteiger partial charge in [-0.1, -0.05) is 12.1 Å². The van der Waals surface area contributed by atoms with Crippen LogP contribution < -0.4 is 0 Å². The quantitative estimate of drug-likeness (QED) is 0.753. The van der Waals surface area contributed by atoms with Gasteiger partial charge in [-0.3, -0.25) is 0 Å². The normalized spacial score (nSPS) is 25.8. The average molecular weight is 194 g/mol. The minimum atomic E-state index is 0.113. The maximum Gasteiger partial charge on any atom is 0.115 e. The predicted octanol–water partition coefficient (Wildman–Crippen LogP) is 0.942. The van der Waals surface area contributed by atoms with Gasteiger partial charge < -0.3 is 14.9 Å². The zero-order valence-electron chi connectivity index (χ0n) is 7.89. The summed E-state index contributed by atoms with van der Waals surface area (Å²) in [5.41, 5.74) is 1.05. The molecular formula is C11H14O3. The lowest BCUT2D eigenvalue weighted by atomic mass is 9.93. The van der Waals surface area contributed by atoms with Crippen LogP contribution in [-0.4, -0.2) is 29.5 Å². The summed E-state index contributed by atoms with van der Waals surface area (Å²) < 4.78 is 5.34. The minimum absolute atomic E-state index is 0.113. The Labute approximate surface area is 83.0 Å². The lowest BCUT2D eigenvalue weighted by Crippen LogP contribution is -2.43. The van der Waals surface area contributed by atoms with Gasteiger partial charge in [0, 0.05) is 5.92 Å². The fourth-order valence-corrected chi connectivity index (χ4v) is 1.68. The van der Waals surface area contributed by atoms with Crippen molar-refractivity contribution in [3.05, 3.63) is 29.8 Å². The fourth-order valence-electron chi connectivity index (χ4n) is 1.68. The van der Waals surface area contributed by atoms with Crippen LogP contribution in [0.5, 0.6) is 5.75 Å². The third-order valence-electron chi connectivity index (χ3n) is 2.63. The highest BCUT2D eigenvalue weighted by Gasteiger charge is 2.31. The number of aliphatic hydroxyl groups is 1. The number of hydrogen-bond acceptors (Lipinski definition) is 3. The van der Waals surface area contributed by atoms with E-state index in [1.807, 2.05) is 12.1 Å². The lowest BCUT2D eigenvalue weighted by molar-refractivity contribution is -0.129. The molecule has 1 aromatic rings. The second-order valence-electron chi connectivity index (χ2n) is 3.69. The second kappa shape index (κ2) is 3.98. The Morgan fingerprint density at radius 1 is 1.43 bits per heavy atom. The minimum Gasteiger partial charge on any atom is -0.508 e. The van der Waals surface area contributed by atoms with Crippen LogP contribution in [0, 0.1) is 5.92 Å². The smallest absolute Gasteiger partial charge is 0.115 e. The Bertz CT molecular complexity index is 309. The van der Waals surface area contributed by atoms with E-state index in [1.165, 1.54) is 0 Å². The van der Waals surface area contributed by atoms with E-state index in [4.69, 9.17) is 9.84 Å². The fraction of sp³-hybridized carbons (Fsp3) is 0.455. The molecule has 1 saturated heterocycles. The maximum atomic E-state index is 9.25. The van der Waals surface area contributed by atoms with Crippen molar-refractivity contribution in [1.82, 2.24) is 0 Å². The third kappa shape index (κ3) is 1.89. The first-order chi connectivity index (χ1) is 6.79. The van der Waals surface area contributed by atoms with Gasteiger partial charge in [-0.25, -0.2) is 0 Å². The van der Waals surface area contributed by atoms with Crippen molar-refractivity contribution < 1.29 is 14.9 Å². The van der Waals surface area contributed by atoms with Gasteiger partial charge in [-0.2, -0.15) is 0 Å². The zero-order valence-corrected chi connectivity index (χ0v) is 7.89. The number of phenols is 1. The molecule has 2 unspecified atom stereocenters. The molecule has 2 N–H and O–H groups in total. The van der Waals surface area contributed by atoms with Gasteiger partial charge in [0.15, 0.2) is 0 Å². The Morgan fingerprint density at radius 2 is 2.29 bits per heavy atom. The summed E-state index contributed by atoms with van der Waals surface area (Å²) in [6, 6.07) is 7.15. The van der Waals surface area contributed by atoms with E-state index in [2.05, 4.69) is 0 Å². The highest BCUT2D eigenvalue weighted by atomic mass is 16.5. The van der Waals surface area contributed by atoms with Crippen molar-refractivity contribution in [2.45, 2.75) is 12.5 Å². The van der Waals surface area contributed by atoms with Crippen molar-refractivity contribution in [2.75, 3.05) is 13.2 Å². The first kappa shape index (κ1) is 9.49. The largest absolute Gasteiger partial charge is 0.508 e. The van der Waals surface area contributed by atoms with Crippen LogP contribution in [0.25, 0.3) is 0 Å². The van der Waals surface area contributed by atoms with Gasteiger partial charge in [-0.15, -0.1) is 0 Å². The van der Waals surface area contributed by atoms with Crippen molar-refractivity contribution in [3.8, 4) is 5.75 Å². The number of aliphatic hydroxyl groups excluding tert-OH is 1.